The summed E-state index contributed by atoms with van der Waals surface area (Å²) in [5.74, 6) is 0. The molecule has 0 bridgehead atoms. The Morgan fingerprint density at radius 3 is 1.83 bits per heavy atom. The third kappa shape index (κ3) is 1.78. The lowest BCUT2D eigenvalue weighted by molar-refractivity contribution is -0.153. The largest absolute Gasteiger partial charge is 0.365 e. The van der Waals surface area contributed by atoms with E-state index in [1.165, 1.54) is 0 Å². The van der Waals surface area contributed by atoms with Gasteiger partial charge in [0.15, 0.2) is 0 Å². The molecule has 6 heavy (non-hydrogen) atoms. The molecule has 0 aromatic carbocycles. The average molecular weight is 95.0 g/mol. The van der Waals surface area contributed by atoms with Gasteiger partial charge in [0.1, 0.15) is 0 Å². The summed E-state index contributed by atoms with van der Waals surface area (Å²) in [7, 11) is 0. The fourth-order valence-corrected chi connectivity index (χ4v) is 0. The lowest BCUT2D eigenvalue weighted by atomic mass is 10.7. The van der Waals surface area contributed by atoms with Crippen molar-refractivity contribution >= 4 is 6.04 Å². The molecule has 0 aromatic rings. The van der Waals surface area contributed by atoms with E-state index in [-0.39, 0.29) is 0 Å². The van der Waals surface area contributed by atoms with Gasteiger partial charge in [-0.05, 0) is 0 Å². The SMILES string of the molecule is [O]C(F)C(=O)F. The zero-order valence-corrected chi connectivity index (χ0v) is 2.65. The van der Waals surface area contributed by atoms with Crippen LogP contribution in [0.5, 0.6) is 0 Å². The molecule has 1 radical (unpaired) electrons. The summed E-state index contributed by atoms with van der Waals surface area (Å²) in [6.07, 6.45) is -3.20. The van der Waals surface area contributed by atoms with Crippen LogP contribution in [0.15, 0.2) is 0 Å². The van der Waals surface area contributed by atoms with Crippen molar-refractivity contribution in [1.82, 2.24) is 0 Å². The molecule has 0 aromatic heterocycles. The number of carbonyl (C=O) groups excluding carboxylic acids is 1. The second-order valence-corrected chi connectivity index (χ2v) is 0.620. The summed E-state index contributed by atoms with van der Waals surface area (Å²) in [6, 6.07) is -2.46. The molecule has 0 aliphatic carbocycles. The second-order valence-electron chi connectivity index (χ2n) is 0.620. The van der Waals surface area contributed by atoms with Crippen LogP contribution in [0.1, 0.15) is 0 Å². The molecule has 35 valence electrons. The fourth-order valence-electron chi connectivity index (χ4n) is 0. The Morgan fingerprint density at radius 1 is 1.67 bits per heavy atom. The van der Waals surface area contributed by atoms with Gasteiger partial charge in [-0.25, -0.2) is 4.39 Å². The summed E-state index contributed by atoms with van der Waals surface area (Å²) in [6.45, 7) is 0. The highest BCUT2D eigenvalue weighted by atomic mass is 19.2. The number of halogens is 2. The van der Waals surface area contributed by atoms with Crippen LogP contribution in [-0.4, -0.2) is 12.4 Å². The summed E-state index contributed by atoms with van der Waals surface area (Å²) in [5.41, 5.74) is 0. The zero-order valence-electron chi connectivity index (χ0n) is 2.65. The molecule has 0 aliphatic heterocycles. The molecule has 0 aliphatic rings. The van der Waals surface area contributed by atoms with Crippen molar-refractivity contribution < 1.29 is 18.7 Å². The highest BCUT2D eigenvalue weighted by Crippen LogP contribution is 1.85. The summed E-state index contributed by atoms with van der Waals surface area (Å²) in [5, 5.41) is 8.84. The lowest BCUT2D eigenvalue weighted by Crippen LogP contribution is -2.04. The van der Waals surface area contributed by atoms with Gasteiger partial charge in [-0.2, -0.15) is 9.50 Å². The maximum atomic E-state index is 10.5. The molecule has 4 heteroatoms. The van der Waals surface area contributed by atoms with Gasteiger partial charge < -0.3 is 0 Å². The van der Waals surface area contributed by atoms with E-state index >= 15 is 0 Å². The van der Waals surface area contributed by atoms with Crippen LogP contribution in [0.2, 0.25) is 0 Å². The van der Waals surface area contributed by atoms with Crippen LogP contribution in [0.4, 0.5) is 8.78 Å². The van der Waals surface area contributed by atoms with Crippen LogP contribution in [0.3, 0.4) is 0 Å². The Morgan fingerprint density at radius 2 is 1.83 bits per heavy atom. The standard InChI is InChI=1S/C2HF2O2/c3-1(5)2(4)6/h1H. The van der Waals surface area contributed by atoms with E-state index in [0.29, 0.717) is 0 Å². The minimum Gasteiger partial charge on any atom is -0.255 e. The van der Waals surface area contributed by atoms with Crippen LogP contribution < -0.4 is 0 Å². The van der Waals surface area contributed by atoms with Gasteiger partial charge in [-0.15, -0.1) is 0 Å². The predicted molar refractivity (Wildman–Crippen MR) is 11.7 cm³/mol. The number of alkyl halides is 1. The minimum absolute atomic E-state index is 2.46. The number of carbonyl (C=O) groups is 1. The summed E-state index contributed by atoms with van der Waals surface area (Å²) >= 11 is 0. The highest BCUT2D eigenvalue weighted by molar-refractivity contribution is 5.70. The van der Waals surface area contributed by atoms with Crippen molar-refractivity contribution in [2.24, 2.45) is 0 Å². The Bertz CT molecular complexity index is 60.6. The molecule has 1 atom stereocenters. The summed E-state index contributed by atoms with van der Waals surface area (Å²) in [4.78, 5) is 8.79. The molecule has 1 unspecified atom stereocenters. The van der Waals surface area contributed by atoms with E-state index in [4.69, 9.17) is 9.90 Å². The smallest absolute Gasteiger partial charge is 0.255 e. The Balaban J connectivity index is 3.26. The van der Waals surface area contributed by atoms with E-state index in [0.717, 1.165) is 0 Å². The molecular weight excluding hydrogens is 94.0 g/mol. The monoisotopic (exact) mass is 95.0 g/mol. The van der Waals surface area contributed by atoms with E-state index in [1.807, 2.05) is 0 Å². The number of hydrogen-bond acceptors (Lipinski definition) is 1. The van der Waals surface area contributed by atoms with E-state index < -0.39 is 12.4 Å². The van der Waals surface area contributed by atoms with Crippen molar-refractivity contribution in [1.29, 1.82) is 0 Å². The van der Waals surface area contributed by atoms with E-state index in [1.54, 1.807) is 0 Å². The average Bonchev–Trinajstić information content (AvgIpc) is 1.36. The van der Waals surface area contributed by atoms with Gasteiger partial charge in [0.05, 0.1) is 0 Å². The van der Waals surface area contributed by atoms with Crippen LogP contribution in [-0.2, 0) is 9.90 Å². The van der Waals surface area contributed by atoms with Gasteiger partial charge in [0, 0.05) is 0 Å². The first kappa shape index (κ1) is 5.49. The predicted octanol–water partition coefficient (Wildman–Crippen LogP) is 0.209. The molecule has 0 amide bonds. The van der Waals surface area contributed by atoms with Gasteiger partial charge >= 0.3 is 12.4 Å². The molecule has 2 nitrogen and oxygen atoms in total. The van der Waals surface area contributed by atoms with Gasteiger partial charge in [0.25, 0.3) is 0 Å². The van der Waals surface area contributed by atoms with Crippen molar-refractivity contribution in [2.75, 3.05) is 0 Å². The maximum Gasteiger partial charge on any atom is 0.365 e. The quantitative estimate of drug-likeness (QED) is 0.429. The molecule has 0 N–H and O–H groups in total. The first-order valence-electron chi connectivity index (χ1n) is 1.14. The fraction of sp³-hybridized carbons (Fsp3) is 0.500. The first-order valence-corrected chi connectivity index (χ1v) is 1.14. The molecular formula is C2HF2O2. The van der Waals surface area contributed by atoms with Gasteiger partial charge in [-0.3, -0.25) is 4.79 Å². The first-order chi connectivity index (χ1) is 2.64. The zero-order chi connectivity index (χ0) is 5.15. The Kier molecular flexibility index (Phi) is 1.66. The van der Waals surface area contributed by atoms with Crippen molar-refractivity contribution in [2.45, 2.75) is 6.36 Å². The normalized spacial score (nSPS) is 13.8. The third-order valence-corrected chi connectivity index (χ3v) is 0.178. The molecule has 0 heterocycles. The maximum absolute atomic E-state index is 10.5. The second kappa shape index (κ2) is 1.81. The van der Waals surface area contributed by atoms with Crippen LogP contribution in [0, 0.1) is 0 Å². The van der Waals surface area contributed by atoms with Crippen LogP contribution >= 0.6 is 0 Å². The minimum atomic E-state index is -3.20. The van der Waals surface area contributed by atoms with Gasteiger partial charge in [0.2, 0.25) is 0 Å². The molecule has 0 spiro atoms. The van der Waals surface area contributed by atoms with Crippen molar-refractivity contribution in [3.8, 4) is 0 Å². The topological polar surface area (TPSA) is 37.0 Å². The van der Waals surface area contributed by atoms with E-state index in [2.05, 4.69) is 0 Å². The molecule has 0 saturated carbocycles. The number of rotatable bonds is 1. The summed E-state index contributed by atoms with van der Waals surface area (Å²) < 4.78 is 21.0. The molecule has 0 saturated heterocycles. The molecule has 0 rings (SSSR count). The number of hydrogen-bond donors (Lipinski definition) is 0. The third-order valence-electron chi connectivity index (χ3n) is 0.178. The Hall–Kier alpha value is -0.510. The van der Waals surface area contributed by atoms with Crippen molar-refractivity contribution in [3.63, 3.8) is 0 Å². The van der Waals surface area contributed by atoms with E-state index in [9.17, 15) is 8.78 Å². The van der Waals surface area contributed by atoms with Crippen LogP contribution in [0.25, 0.3) is 0 Å². The molecule has 0 fully saturated rings. The highest BCUT2D eigenvalue weighted by Gasteiger charge is 2.11. The van der Waals surface area contributed by atoms with Gasteiger partial charge in [-0.1, -0.05) is 0 Å². The lowest BCUT2D eigenvalue weighted by Gasteiger charge is -1.78. The Labute approximate surface area is 32.4 Å². The van der Waals surface area contributed by atoms with Crippen molar-refractivity contribution in [3.05, 3.63) is 0 Å².